The predicted octanol–water partition coefficient (Wildman–Crippen LogP) is 3.73. The van der Waals surface area contributed by atoms with E-state index in [1.807, 2.05) is 23.6 Å². The van der Waals surface area contributed by atoms with E-state index < -0.39 is 0 Å². The number of thiophene rings is 1. The minimum atomic E-state index is 0.0832. The van der Waals surface area contributed by atoms with Crippen LogP contribution in [0.15, 0.2) is 40.2 Å². The van der Waals surface area contributed by atoms with Gasteiger partial charge in [0, 0.05) is 27.4 Å². The van der Waals surface area contributed by atoms with Gasteiger partial charge in [0.1, 0.15) is 0 Å². The Morgan fingerprint density at radius 1 is 1.32 bits per heavy atom. The second kappa shape index (κ2) is 4.85. The van der Waals surface area contributed by atoms with Gasteiger partial charge in [-0.25, -0.2) is 0 Å². The molecule has 0 amide bonds. The molecule has 0 radical (unpaired) electrons. The minimum absolute atomic E-state index is 0.0832. The monoisotopic (exact) mass is 335 g/mol. The summed E-state index contributed by atoms with van der Waals surface area (Å²) in [7, 11) is 0. The molecule has 1 aliphatic carbocycles. The third kappa shape index (κ3) is 2.40. The first-order valence-corrected chi connectivity index (χ1v) is 7.91. The second-order valence-electron chi connectivity index (χ2n) is 5.02. The van der Waals surface area contributed by atoms with Gasteiger partial charge in [-0.3, -0.25) is 4.79 Å². The quantitative estimate of drug-likeness (QED) is 0.865. The number of benzene rings is 1. The molecule has 3 rings (SSSR count). The van der Waals surface area contributed by atoms with E-state index >= 15 is 0 Å². The van der Waals surface area contributed by atoms with Gasteiger partial charge in [0.25, 0.3) is 0 Å². The molecule has 1 aromatic carbocycles. The summed E-state index contributed by atoms with van der Waals surface area (Å²) >= 11 is 4.84. The molecule has 19 heavy (non-hydrogen) atoms. The highest BCUT2D eigenvalue weighted by molar-refractivity contribution is 9.10. The number of ketones is 1. The lowest BCUT2D eigenvalue weighted by Gasteiger charge is -2.12. The number of rotatable bonds is 4. The molecule has 1 aliphatic rings. The zero-order valence-electron chi connectivity index (χ0n) is 10.4. The molecule has 0 bridgehead atoms. The maximum Gasteiger partial charge on any atom is 0.202 e. The van der Waals surface area contributed by atoms with Crippen LogP contribution in [0.2, 0.25) is 0 Å². The van der Waals surface area contributed by atoms with E-state index in [0.29, 0.717) is 6.54 Å². The predicted molar refractivity (Wildman–Crippen MR) is 81.9 cm³/mol. The van der Waals surface area contributed by atoms with Crippen molar-refractivity contribution in [2.45, 2.75) is 18.3 Å². The van der Waals surface area contributed by atoms with Crippen LogP contribution in [0.3, 0.4) is 0 Å². The third-order valence-electron chi connectivity index (χ3n) is 3.80. The van der Waals surface area contributed by atoms with Crippen LogP contribution in [0.4, 0.5) is 0 Å². The lowest BCUT2D eigenvalue weighted by molar-refractivity contribution is 0.104. The van der Waals surface area contributed by atoms with Gasteiger partial charge in [-0.05, 0) is 40.4 Å². The Hall–Kier alpha value is -0.970. The Bertz CT molecular complexity index is 613. The van der Waals surface area contributed by atoms with Crippen LogP contribution >= 0.6 is 27.3 Å². The second-order valence-corrected chi connectivity index (χ2v) is 6.85. The van der Waals surface area contributed by atoms with E-state index in [4.69, 9.17) is 5.73 Å². The van der Waals surface area contributed by atoms with Crippen molar-refractivity contribution >= 4 is 33.0 Å². The van der Waals surface area contributed by atoms with Crippen LogP contribution in [0.1, 0.15) is 33.6 Å². The van der Waals surface area contributed by atoms with Crippen LogP contribution in [-0.2, 0) is 5.41 Å². The largest absolute Gasteiger partial charge is 0.330 e. The molecule has 1 aromatic heterocycles. The van der Waals surface area contributed by atoms with Crippen LogP contribution in [0, 0.1) is 0 Å². The van der Waals surface area contributed by atoms with E-state index in [1.54, 1.807) is 0 Å². The molecule has 2 aromatic rings. The van der Waals surface area contributed by atoms with Gasteiger partial charge >= 0.3 is 0 Å². The number of carbonyl (C=O) groups excluding carboxylic acids is 1. The Morgan fingerprint density at radius 3 is 2.47 bits per heavy atom. The standard InChI is InChI=1S/C15H14BrNOS/c16-12-7-13(19-8-12)14(18)10-1-3-11(4-2-10)15(9-17)5-6-15/h1-4,7-8H,5-6,9,17H2. The summed E-state index contributed by atoms with van der Waals surface area (Å²) in [5.74, 6) is 0.0832. The summed E-state index contributed by atoms with van der Waals surface area (Å²) < 4.78 is 0.956. The smallest absolute Gasteiger partial charge is 0.202 e. The molecule has 2 nitrogen and oxygen atoms in total. The number of hydrogen-bond donors (Lipinski definition) is 1. The van der Waals surface area contributed by atoms with Crippen molar-refractivity contribution in [1.29, 1.82) is 0 Å². The van der Waals surface area contributed by atoms with Crippen molar-refractivity contribution in [3.05, 3.63) is 56.2 Å². The summed E-state index contributed by atoms with van der Waals surface area (Å²) in [5, 5.41) is 1.93. The van der Waals surface area contributed by atoms with Gasteiger partial charge in [0.15, 0.2) is 0 Å². The highest BCUT2D eigenvalue weighted by Gasteiger charge is 2.42. The van der Waals surface area contributed by atoms with Crippen molar-refractivity contribution in [2.75, 3.05) is 6.54 Å². The lowest BCUT2D eigenvalue weighted by Crippen LogP contribution is -2.19. The topological polar surface area (TPSA) is 43.1 Å². The molecule has 98 valence electrons. The highest BCUT2D eigenvalue weighted by Crippen LogP contribution is 2.47. The maximum atomic E-state index is 12.3. The van der Waals surface area contributed by atoms with Gasteiger partial charge in [0.2, 0.25) is 5.78 Å². The van der Waals surface area contributed by atoms with E-state index in [-0.39, 0.29) is 11.2 Å². The maximum absolute atomic E-state index is 12.3. The first-order valence-electron chi connectivity index (χ1n) is 6.24. The average molecular weight is 336 g/mol. The molecule has 0 unspecified atom stereocenters. The Morgan fingerprint density at radius 2 is 2.00 bits per heavy atom. The van der Waals surface area contributed by atoms with Gasteiger partial charge in [-0.15, -0.1) is 11.3 Å². The van der Waals surface area contributed by atoms with E-state index in [2.05, 4.69) is 28.1 Å². The molecule has 1 saturated carbocycles. The lowest BCUT2D eigenvalue weighted by atomic mass is 9.94. The molecule has 4 heteroatoms. The Kier molecular flexibility index (Phi) is 3.33. The first-order chi connectivity index (χ1) is 9.14. The summed E-state index contributed by atoms with van der Waals surface area (Å²) in [5.41, 5.74) is 8.01. The van der Waals surface area contributed by atoms with Gasteiger partial charge in [0.05, 0.1) is 4.88 Å². The van der Waals surface area contributed by atoms with E-state index in [1.165, 1.54) is 16.9 Å². The Balaban J connectivity index is 1.85. The fraction of sp³-hybridized carbons (Fsp3) is 0.267. The summed E-state index contributed by atoms with van der Waals surface area (Å²) in [6.45, 7) is 0.693. The molecular weight excluding hydrogens is 322 g/mol. The van der Waals surface area contributed by atoms with Gasteiger partial charge in [-0.2, -0.15) is 0 Å². The van der Waals surface area contributed by atoms with Crippen molar-refractivity contribution in [1.82, 2.24) is 0 Å². The van der Waals surface area contributed by atoms with Gasteiger partial charge in [-0.1, -0.05) is 24.3 Å². The summed E-state index contributed by atoms with van der Waals surface area (Å²) in [6.07, 6.45) is 2.32. The zero-order chi connectivity index (χ0) is 13.5. The fourth-order valence-electron chi connectivity index (χ4n) is 2.31. The van der Waals surface area contributed by atoms with Crippen molar-refractivity contribution < 1.29 is 4.79 Å². The average Bonchev–Trinajstić information content (AvgIpc) is 3.14. The highest BCUT2D eigenvalue weighted by atomic mass is 79.9. The SMILES string of the molecule is NCC1(c2ccc(C(=O)c3cc(Br)cs3)cc2)CC1. The van der Waals surface area contributed by atoms with Crippen LogP contribution in [0.5, 0.6) is 0 Å². The van der Waals surface area contributed by atoms with E-state index in [9.17, 15) is 4.79 Å². The Labute approximate surface area is 124 Å². The third-order valence-corrected chi connectivity index (χ3v) is 5.48. The van der Waals surface area contributed by atoms with Crippen molar-refractivity contribution in [3.8, 4) is 0 Å². The number of carbonyl (C=O) groups is 1. The molecule has 0 saturated heterocycles. The van der Waals surface area contributed by atoms with Crippen LogP contribution in [-0.4, -0.2) is 12.3 Å². The summed E-state index contributed by atoms with van der Waals surface area (Å²) in [6, 6.07) is 9.80. The number of halogens is 1. The van der Waals surface area contributed by atoms with Crippen molar-refractivity contribution in [3.63, 3.8) is 0 Å². The fourth-order valence-corrected chi connectivity index (χ4v) is 3.70. The number of nitrogens with two attached hydrogens (primary N) is 1. The number of hydrogen-bond acceptors (Lipinski definition) is 3. The van der Waals surface area contributed by atoms with Crippen LogP contribution in [0.25, 0.3) is 0 Å². The molecule has 0 aliphatic heterocycles. The van der Waals surface area contributed by atoms with Gasteiger partial charge < -0.3 is 5.73 Å². The molecule has 1 heterocycles. The molecular formula is C15H14BrNOS. The van der Waals surface area contributed by atoms with Crippen LogP contribution < -0.4 is 5.73 Å². The zero-order valence-corrected chi connectivity index (χ0v) is 12.8. The molecule has 0 spiro atoms. The molecule has 1 fully saturated rings. The van der Waals surface area contributed by atoms with Crippen molar-refractivity contribution in [2.24, 2.45) is 5.73 Å². The molecule has 0 atom stereocenters. The van der Waals surface area contributed by atoms with E-state index in [0.717, 1.165) is 27.8 Å². The molecule has 2 N–H and O–H groups in total. The first kappa shape index (κ1) is 13.0. The summed E-state index contributed by atoms with van der Waals surface area (Å²) in [4.78, 5) is 13.0. The minimum Gasteiger partial charge on any atom is -0.330 e. The normalized spacial score (nSPS) is 16.3.